The third-order valence-corrected chi connectivity index (χ3v) is 4.55. The van der Waals surface area contributed by atoms with Gasteiger partial charge in [0.1, 0.15) is 0 Å². The van der Waals surface area contributed by atoms with Crippen molar-refractivity contribution >= 4 is 10.0 Å². The summed E-state index contributed by atoms with van der Waals surface area (Å²) in [7, 11) is -3.29. The molecule has 2 unspecified atom stereocenters. The Kier molecular flexibility index (Phi) is 5.77. The van der Waals surface area contributed by atoms with E-state index in [0.717, 1.165) is 6.54 Å². The standard InChI is InChI=1S/C11H22N4O2S/c1-4-12-8-11(3)18(16,17)14-10(2)9-15-7-5-6-13-15/h5-7,10-12,14H,4,8-9H2,1-3H3. The van der Waals surface area contributed by atoms with Gasteiger partial charge in [-0.3, -0.25) is 4.68 Å². The van der Waals surface area contributed by atoms with Crippen LogP contribution in [0, 0.1) is 0 Å². The largest absolute Gasteiger partial charge is 0.316 e. The molecule has 0 fully saturated rings. The molecule has 2 atom stereocenters. The van der Waals surface area contributed by atoms with Crippen molar-refractivity contribution in [1.29, 1.82) is 0 Å². The lowest BCUT2D eigenvalue weighted by molar-refractivity contribution is 0.487. The normalized spacial score (nSPS) is 15.5. The van der Waals surface area contributed by atoms with Crippen LogP contribution < -0.4 is 10.0 Å². The van der Waals surface area contributed by atoms with E-state index in [2.05, 4.69) is 15.1 Å². The van der Waals surface area contributed by atoms with Gasteiger partial charge in [0.15, 0.2) is 0 Å². The monoisotopic (exact) mass is 274 g/mol. The molecule has 104 valence electrons. The molecular formula is C11H22N4O2S. The quantitative estimate of drug-likeness (QED) is 0.709. The van der Waals surface area contributed by atoms with Crippen LogP contribution in [0.1, 0.15) is 20.8 Å². The van der Waals surface area contributed by atoms with Gasteiger partial charge in [-0.25, -0.2) is 13.1 Å². The molecule has 0 aromatic carbocycles. The summed E-state index contributed by atoms with van der Waals surface area (Å²) in [5.74, 6) is 0. The van der Waals surface area contributed by atoms with E-state index in [1.807, 2.05) is 26.1 Å². The van der Waals surface area contributed by atoms with Crippen molar-refractivity contribution in [3.05, 3.63) is 18.5 Å². The number of aromatic nitrogens is 2. The molecule has 1 aromatic rings. The van der Waals surface area contributed by atoms with Crippen LogP contribution in [0.3, 0.4) is 0 Å². The highest BCUT2D eigenvalue weighted by molar-refractivity contribution is 7.90. The zero-order valence-corrected chi connectivity index (χ0v) is 11.9. The molecule has 0 aliphatic heterocycles. The zero-order valence-electron chi connectivity index (χ0n) is 11.1. The summed E-state index contributed by atoms with van der Waals surface area (Å²) < 4.78 is 28.4. The second kappa shape index (κ2) is 6.86. The van der Waals surface area contributed by atoms with Crippen molar-refractivity contribution in [3.63, 3.8) is 0 Å². The van der Waals surface area contributed by atoms with E-state index in [9.17, 15) is 8.42 Å². The minimum atomic E-state index is -3.29. The summed E-state index contributed by atoms with van der Waals surface area (Å²) >= 11 is 0. The summed E-state index contributed by atoms with van der Waals surface area (Å²) in [6, 6.07) is 1.63. The predicted octanol–water partition coefficient (Wildman–Crippen LogP) is 0.189. The Bertz CT molecular complexity index is 430. The van der Waals surface area contributed by atoms with E-state index in [4.69, 9.17) is 0 Å². The fraction of sp³-hybridized carbons (Fsp3) is 0.727. The molecule has 6 nitrogen and oxygen atoms in total. The Morgan fingerprint density at radius 3 is 2.67 bits per heavy atom. The lowest BCUT2D eigenvalue weighted by atomic mass is 10.4. The topological polar surface area (TPSA) is 76.0 Å². The van der Waals surface area contributed by atoms with Crippen molar-refractivity contribution in [2.75, 3.05) is 13.1 Å². The molecule has 0 bridgehead atoms. The average molecular weight is 274 g/mol. The molecule has 0 aliphatic rings. The maximum Gasteiger partial charge on any atom is 0.215 e. The molecule has 1 aromatic heterocycles. The number of hydrogen-bond acceptors (Lipinski definition) is 4. The van der Waals surface area contributed by atoms with Gasteiger partial charge in [-0.15, -0.1) is 0 Å². The van der Waals surface area contributed by atoms with Crippen LogP contribution >= 0.6 is 0 Å². The van der Waals surface area contributed by atoms with E-state index < -0.39 is 15.3 Å². The minimum absolute atomic E-state index is 0.182. The Hall–Kier alpha value is -0.920. The van der Waals surface area contributed by atoms with Gasteiger partial charge < -0.3 is 5.32 Å². The molecule has 0 saturated heterocycles. The van der Waals surface area contributed by atoms with Gasteiger partial charge in [-0.2, -0.15) is 5.10 Å². The molecular weight excluding hydrogens is 252 g/mol. The van der Waals surface area contributed by atoms with Gasteiger partial charge in [-0.05, 0) is 26.5 Å². The van der Waals surface area contributed by atoms with Crippen molar-refractivity contribution in [2.24, 2.45) is 0 Å². The highest BCUT2D eigenvalue weighted by Gasteiger charge is 2.22. The Morgan fingerprint density at radius 2 is 2.11 bits per heavy atom. The molecule has 18 heavy (non-hydrogen) atoms. The van der Waals surface area contributed by atoms with Gasteiger partial charge in [0, 0.05) is 25.0 Å². The first-order chi connectivity index (χ1) is 8.45. The van der Waals surface area contributed by atoms with E-state index >= 15 is 0 Å². The van der Waals surface area contributed by atoms with Gasteiger partial charge in [0.25, 0.3) is 0 Å². The summed E-state index contributed by atoms with van der Waals surface area (Å²) in [4.78, 5) is 0. The third-order valence-electron chi connectivity index (χ3n) is 2.60. The molecule has 1 rings (SSSR count). The number of hydrogen-bond donors (Lipinski definition) is 2. The van der Waals surface area contributed by atoms with Crippen LogP contribution in [0.2, 0.25) is 0 Å². The van der Waals surface area contributed by atoms with Crippen molar-refractivity contribution in [3.8, 4) is 0 Å². The molecule has 0 radical (unpaired) electrons. The highest BCUT2D eigenvalue weighted by atomic mass is 32.2. The van der Waals surface area contributed by atoms with Crippen LogP contribution in [0.25, 0.3) is 0 Å². The van der Waals surface area contributed by atoms with Crippen molar-refractivity contribution in [2.45, 2.75) is 38.6 Å². The van der Waals surface area contributed by atoms with Crippen molar-refractivity contribution < 1.29 is 8.42 Å². The van der Waals surface area contributed by atoms with E-state index in [1.165, 1.54) is 0 Å². The van der Waals surface area contributed by atoms with Crippen molar-refractivity contribution in [1.82, 2.24) is 19.8 Å². The Morgan fingerprint density at radius 1 is 1.39 bits per heavy atom. The van der Waals surface area contributed by atoms with Gasteiger partial charge in [0.2, 0.25) is 10.0 Å². The molecule has 0 amide bonds. The summed E-state index contributed by atoms with van der Waals surface area (Å²) in [6.45, 7) is 7.24. The van der Waals surface area contributed by atoms with Gasteiger partial charge in [0.05, 0.1) is 11.8 Å². The predicted molar refractivity (Wildman–Crippen MR) is 71.8 cm³/mol. The number of sulfonamides is 1. The molecule has 7 heteroatoms. The summed E-state index contributed by atoms with van der Waals surface area (Å²) in [6.07, 6.45) is 3.49. The summed E-state index contributed by atoms with van der Waals surface area (Å²) in [5.41, 5.74) is 0. The third kappa shape index (κ3) is 4.75. The zero-order chi connectivity index (χ0) is 13.6. The molecule has 0 spiro atoms. The SMILES string of the molecule is CCNCC(C)S(=O)(=O)NC(C)Cn1cccn1. The smallest absolute Gasteiger partial charge is 0.215 e. The van der Waals surface area contributed by atoms with Crippen LogP contribution in [0.5, 0.6) is 0 Å². The fourth-order valence-electron chi connectivity index (χ4n) is 1.58. The lowest BCUT2D eigenvalue weighted by Gasteiger charge is -2.18. The number of nitrogens with one attached hydrogen (secondary N) is 2. The first-order valence-corrected chi connectivity index (χ1v) is 7.69. The Labute approximate surface area is 109 Å². The average Bonchev–Trinajstić information content (AvgIpc) is 2.77. The van der Waals surface area contributed by atoms with Gasteiger partial charge in [-0.1, -0.05) is 6.92 Å². The molecule has 1 heterocycles. The van der Waals surface area contributed by atoms with Crippen LogP contribution in [-0.4, -0.2) is 42.6 Å². The maximum absolute atomic E-state index is 12.0. The second-order valence-corrected chi connectivity index (χ2v) is 6.54. The molecule has 2 N–H and O–H groups in total. The first-order valence-electron chi connectivity index (χ1n) is 6.15. The minimum Gasteiger partial charge on any atom is -0.316 e. The first kappa shape index (κ1) is 15.1. The molecule has 0 aliphatic carbocycles. The van der Waals surface area contributed by atoms with Crippen LogP contribution in [0.4, 0.5) is 0 Å². The lowest BCUT2D eigenvalue weighted by Crippen LogP contribution is -2.44. The number of nitrogens with zero attached hydrogens (tertiary/aromatic N) is 2. The molecule has 0 saturated carbocycles. The summed E-state index contributed by atoms with van der Waals surface area (Å²) in [5, 5.41) is 6.64. The maximum atomic E-state index is 12.0. The highest BCUT2D eigenvalue weighted by Crippen LogP contribution is 2.00. The number of rotatable bonds is 8. The van der Waals surface area contributed by atoms with E-state index in [1.54, 1.807) is 17.8 Å². The second-order valence-electron chi connectivity index (χ2n) is 4.41. The van der Waals surface area contributed by atoms with E-state index in [-0.39, 0.29) is 6.04 Å². The van der Waals surface area contributed by atoms with Crippen LogP contribution in [-0.2, 0) is 16.6 Å². The van der Waals surface area contributed by atoms with E-state index in [0.29, 0.717) is 13.1 Å². The van der Waals surface area contributed by atoms with Crippen LogP contribution in [0.15, 0.2) is 18.5 Å². The Balaban J connectivity index is 2.49. The fourth-order valence-corrected chi connectivity index (χ4v) is 2.79. The van der Waals surface area contributed by atoms with Gasteiger partial charge >= 0.3 is 0 Å².